The van der Waals surface area contributed by atoms with Crippen LogP contribution < -0.4 is 10.5 Å². The first kappa shape index (κ1) is 22.0. The normalized spacial score (nSPS) is 15.9. The maximum atomic E-state index is 13.3. The Hall–Kier alpha value is -3.84. The molecule has 1 unspecified atom stereocenters. The Morgan fingerprint density at radius 2 is 1.97 bits per heavy atom. The van der Waals surface area contributed by atoms with Gasteiger partial charge < -0.3 is 25.3 Å². The van der Waals surface area contributed by atoms with E-state index >= 15 is 0 Å². The van der Waals surface area contributed by atoms with Gasteiger partial charge in [-0.1, -0.05) is 24.3 Å². The number of aromatic amines is 1. The smallest absolute Gasteiger partial charge is 0.256 e. The monoisotopic (exact) mass is 455 g/mol. The summed E-state index contributed by atoms with van der Waals surface area (Å²) < 4.78 is 5.57. The van der Waals surface area contributed by atoms with Gasteiger partial charge in [-0.05, 0) is 50.3 Å². The predicted octanol–water partition coefficient (Wildman–Crippen LogP) is 4.26. The molecule has 4 aromatic rings. The molecule has 0 bridgehead atoms. The molecule has 7 nitrogen and oxygen atoms in total. The van der Waals surface area contributed by atoms with Crippen molar-refractivity contribution in [2.24, 2.45) is 0 Å². The first-order valence-corrected chi connectivity index (χ1v) is 11.4. The Bertz CT molecular complexity index is 1360. The summed E-state index contributed by atoms with van der Waals surface area (Å²) in [4.78, 5) is 25.2. The molecular formula is C27H29N5O2. The van der Waals surface area contributed by atoms with E-state index in [0.717, 1.165) is 52.0 Å². The molecule has 0 spiro atoms. The van der Waals surface area contributed by atoms with E-state index in [4.69, 9.17) is 10.5 Å². The number of benzene rings is 2. The number of nitrogen functional groups attached to an aromatic ring is 1. The number of aromatic nitrogens is 2. The number of ether oxygens (including phenoxy) is 1. The molecule has 1 saturated heterocycles. The number of pyridine rings is 1. The highest BCUT2D eigenvalue weighted by atomic mass is 16.5. The zero-order chi connectivity index (χ0) is 23.8. The van der Waals surface area contributed by atoms with Crippen LogP contribution in [-0.4, -0.2) is 66.0 Å². The number of hydrogen-bond acceptors (Lipinski definition) is 5. The predicted molar refractivity (Wildman–Crippen MR) is 136 cm³/mol. The summed E-state index contributed by atoms with van der Waals surface area (Å²) >= 11 is 0. The third-order valence-corrected chi connectivity index (χ3v) is 6.73. The van der Waals surface area contributed by atoms with Crippen molar-refractivity contribution in [1.29, 1.82) is 0 Å². The molecular weight excluding hydrogens is 426 g/mol. The second kappa shape index (κ2) is 8.83. The molecule has 2 aromatic carbocycles. The lowest BCUT2D eigenvalue weighted by Gasteiger charge is -2.21. The Balaban J connectivity index is 1.51. The lowest BCUT2D eigenvalue weighted by molar-refractivity contribution is 0.0784. The van der Waals surface area contributed by atoms with Gasteiger partial charge in [-0.15, -0.1) is 0 Å². The molecule has 1 fully saturated rings. The molecule has 0 saturated carbocycles. The number of nitrogens with two attached hydrogens (primary N) is 1. The molecule has 1 aliphatic heterocycles. The van der Waals surface area contributed by atoms with E-state index in [-0.39, 0.29) is 5.91 Å². The molecule has 0 radical (unpaired) electrons. The third kappa shape index (κ3) is 3.88. The van der Waals surface area contributed by atoms with Crippen molar-refractivity contribution in [2.75, 3.05) is 40.0 Å². The molecule has 3 heterocycles. The van der Waals surface area contributed by atoms with Crippen LogP contribution in [0, 0.1) is 0 Å². The van der Waals surface area contributed by atoms with Crippen LogP contribution in [0.25, 0.3) is 33.3 Å². The zero-order valence-electron chi connectivity index (χ0n) is 19.7. The number of hydrogen-bond donors (Lipinski definition) is 2. The van der Waals surface area contributed by atoms with Gasteiger partial charge in [0.2, 0.25) is 0 Å². The first-order valence-electron chi connectivity index (χ1n) is 11.4. The number of para-hydroxylation sites is 1. The maximum absolute atomic E-state index is 13.3. The number of anilines is 1. The summed E-state index contributed by atoms with van der Waals surface area (Å²) in [5, 5.41) is 0.986. The number of likely N-dealkylation sites (tertiary alicyclic amines) is 1. The van der Waals surface area contributed by atoms with Gasteiger partial charge in [0, 0.05) is 59.3 Å². The Morgan fingerprint density at radius 1 is 1.15 bits per heavy atom. The summed E-state index contributed by atoms with van der Waals surface area (Å²) in [5.41, 5.74) is 11.9. The van der Waals surface area contributed by atoms with E-state index in [1.807, 2.05) is 59.8 Å². The summed E-state index contributed by atoms with van der Waals surface area (Å²) in [7, 11) is 5.78. The number of rotatable bonds is 5. The fraction of sp³-hybridized carbons (Fsp3) is 0.259. The van der Waals surface area contributed by atoms with Crippen molar-refractivity contribution in [3.63, 3.8) is 0 Å². The van der Waals surface area contributed by atoms with Gasteiger partial charge in [0.05, 0.1) is 12.7 Å². The summed E-state index contributed by atoms with van der Waals surface area (Å²) in [6.07, 6.45) is 4.74. The van der Waals surface area contributed by atoms with E-state index in [0.29, 0.717) is 23.8 Å². The number of amides is 1. The Kier molecular flexibility index (Phi) is 5.71. The third-order valence-electron chi connectivity index (χ3n) is 6.73. The quantitative estimate of drug-likeness (QED) is 0.439. The van der Waals surface area contributed by atoms with Crippen molar-refractivity contribution in [3.8, 4) is 28.0 Å². The fourth-order valence-corrected chi connectivity index (χ4v) is 4.69. The van der Waals surface area contributed by atoms with Crippen LogP contribution in [0.15, 0.2) is 60.9 Å². The molecule has 174 valence electrons. The number of carbonyl (C=O) groups is 1. The van der Waals surface area contributed by atoms with Crippen LogP contribution in [0.4, 0.5) is 5.69 Å². The number of methoxy groups -OCH3 is 1. The van der Waals surface area contributed by atoms with Crippen LogP contribution >= 0.6 is 0 Å². The highest BCUT2D eigenvalue weighted by Gasteiger charge is 2.29. The van der Waals surface area contributed by atoms with Crippen molar-refractivity contribution in [2.45, 2.75) is 12.5 Å². The molecule has 3 N–H and O–H groups in total. The van der Waals surface area contributed by atoms with Gasteiger partial charge in [0.25, 0.3) is 5.91 Å². The van der Waals surface area contributed by atoms with Gasteiger partial charge in [0.15, 0.2) is 0 Å². The van der Waals surface area contributed by atoms with E-state index in [2.05, 4.69) is 35.0 Å². The molecule has 2 aromatic heterocycles. The van der Waals surface area contributed by atoms with Crippen molar-refractivity contribution in [3.05, 3.63) is 66.5 Å². The van der Waals surface area contributed by atoms with Crippen LogP contribution in [0.5, 0.6) is 5.75 Å². The van der Waals surface area contributed by atoms with Gasteiger partial charge in [-0.25, -0.2) is 4.98 Å². The van der Waals surface area contributed by atoms with Crippen LogP contribution in [-0.2, 0) is 0 Å². The molecule has 1 amide bonds. The zero-order valence-corrected chi connectivity index (χ0v) is 19.7. The van der Waals surface area contributed by atoms with E-state index in [1.54, 1.807) is 7.11 Å². The van der Waals surface area contributed by atoms with Crippen LogP contribution in [0.1, 0.15) is 16.8 Å². The lowest BCUT2D eigenvalue weighted by Crippen LogP contribution is -2.34. The van der Waals surface area contributed by atoms with Crippen molar-refractivity contribution >= 4 is 22.6 Å². The molecule has 1 atom stereocenters. The van der Waals surface area contributed by atoms with Gasteiger partial charge in [-0.3, -0.25) is 4.79 Å². The molecule has 5 rings (SSSR count). The summed E-state index contributed by atoms with van der Waals surface area (Å²) in [6, 6.07) is 16.0. The Morgan fingerprint density at radius 3 is 2.74 bits per heavy atom. The minimum absolute atomic E-state index is 0.0194. The SMILES string of the molecule is COc1ccccc1-c1c[nH]c2ncc(-c3ccc(N)c(C(=O)N4CCC(N(C)C)C4)c3)cc12. The highest BCUT2D eigenvalue weighted by Crippen LogP contribution is 2.36. The van der Waals surface area contributed by atoms with E-state index in [9.17, 15) is 4.79 Å². The standard InChI is InChI=1S/C27H29N5O2/c1-31(2)19-10-11-32(16-19)27(33)22-12-17(8-9-24(22)28)18-13-21-23(15-30-26(21)29-14-18)20-6-4-5-7-25(20)34-3/h4-9,12-15,19H,10-11,16,28H2,1-3H3,(H,29,30). The molecule has 7 heteroatoms. The number of fused-ring (bicyclic) bond motifs is 1. The number of H-pyrrole nitrogens is 1. The molecule has 0 aliphatic carbocycles. The average Bonchev–Trinajstić information content (AvgIpc) is 3.51. The number of likely N-dealkylation sites (N-methyl/N-ethyl adjacent to an activating group) is 1. The lowest BCUT2D eigenvalue weighted by atomic mass is 9.99. The topological polar surface area (TPSA) is 87.5 Å². The van der Waals surface area contributed by atoms with Crippen molar-refractivity contribution < 1.29 is 9.53 Å². The minimum Gasteiger partial charge on any atom is -0.496 e. The largest absolute Gasteiger partial charge is 0.496 e. The Labute approximate surface area is 199 Å². The second-order valence-electron chi connectivity index (χ2n) is 8.98. The second-order valence-corrected chi connectivity index (χ2v) is 8.98. The first-order chi connectivity index (χ1) is 16.5. The maximum Gasteiger partial charge on any atom is 0.256 e. The minimum atomic E-state index is -0.0194. The summed E-state index contributed by atoms with van der Waals surface area (Å²) in [6.45, 7) is 1.46. The summed E-state index contributed by atoms with van der Waals surface area (Å²) in [5.74, 6) is 0.782. The molecule has 1 aliphatic rings. The van der Waals surface area contributed by atoms with E-state index in [1.165, 1.54) is 0 Å². The van der Waals surface area contributed by atoms with Crippen molar-refractivity contribution in [1.82, 2.24) is 19.8 Å². The average molecular weight is 456 g/mol. The van der Waals surface area contributed by atoms with E-state index < -0.39 is 0 Å². The van der Waals surface area contributed by atoms with Gasteiger partial charge in [-0.2, -0.15) is 0 Å². The fourth-order valence-electron chi connectivity index (χ4n) is 4.69. The number of carbonyl (C=O) groups excluding carboxylic acids is 1. The molecule has 34 heavy (non-hydrogen) atoms. The van der Waals surface area contributed by atoms with Crippen LogP contribution in [0.2, 0.25) is 0 Å². The number of nitrogens with one attached hydrogen (secondary N) is 1. The van der Waals surface area contributed by atoms with Crippen LogP contribution in [0.3, 0.4) is 0 Å². The highest BCUT2D eigenvalue weighted by molar-refractivity contribution is 6.01. The number of nitrogens with zero attached hydrogens (tertiary/aromatic N) is 3. The van der Waals surface area contributed by atoms with Gasteiger partial charge in [0.1, 0.15) is 11.4 Å². The van der Waals surface area contributed by atoms with Gasteiger partial charge >= 0.3 is 0 Å².